The number of aryl methyl sites for hydroxylation is 1. The van der Waals surface area contributed by atoms with E-state index in [0.717, 1.165) is 10.0 Å². The molecule has 0 bridgehead atoms. The summed E-state index contributed by atoms with van der Waals surface area (Å²) in [5.74, 6) is -1.71. The summed E-state index contributed by atoms with van der Waals surface area (Å²) < 4.78 is 0.831. The number of benzene rings is 1. The fourth-order valence-corrected chi connectivity index (χ4v) is 2.78. The van der Waals surface area contributed by atoms with Crippen LogP contribution in [-0.2, 0) is 4.79 Å². The van der Waals surface area contributed by atoms with Gasteiger partial charge in [-0.1, -0.05) is 36.7 Å². The minimum Gasteiger partial charge on any atom is -0.481 e. The summed E-state index contributed by atoms with van der Waals surface area (Å²) in [6.45, 7) is 8.01. The van der Waals surface area contributed by atoms with Crippen molar-refractivity contribution in [2.75, 3.05) is 6.54 Å². The van der Waals surface area contributed by atoms with Gasteiger partial charge in [0.25, 0.3) is 5.91 Å². The maximum atomic E-state index is 12.1. The van der Waals surface area contributed by atoms with Crippen molar-refractivity contribution in [1.29, 1.82) is 0 Å². The van der Waals surface area contributed by atoms with Crippen LogP contribution in [0.2, 0.25) is 0 Å². The Morgan fingerprint density at radius 2 is 1.90 bits per heavy atom. The molecule has 1 rings (SSSR count). The molecule has 0 radical (unpaired) electrons. The van der Waals surface area contributed by atoms with Gasteiger partial charge >= 0.3 is 5.97 Å². The summed E-state index contributed by atoms with van der Waals surface area (Å²) in [6, 6.07) is 5.41. The predicted molar refractivity (Wildman–Crippen MR) is 86.4 cm³/mol. The zero-order valence-electron chi connectivity index (χ0n) is 12.9. The van der Waals surface area contributed by atoms with E-state index in [2.05, 4.69) is 21.2 Å². The highest BCUT2D eigenvalue weighted by Gasteiger charge is 2.25. The second kappa shape index (κ2) is 7.07. The minimum absolute atomic E-state index is 0.0971. The Bertz CT molecular complexity index is 515. The third-order valence-corrected chi connectivity index (χ3v) is 3.48. The highest BCUT2D eigenvalue weighted by Crippen LogP contribution is 2.24. The highest BCUT2D eigenvalue weighted by atomic mass is 79.9. The van der Waals surface area contributed by atoms with Crippen LogP contribution in [0.5, 0.6) is 0 Å². The van der Waals surface area contributed by atoms with Crippen molar-refractivity contribution >= 4 is 27.8 Å². The van der Waals surface area contributed by atoms with E-state index >= 15 is 0 Å². The van der Waals surface area contributed by atoms with E-state index in [-0.39, 0.29) is 17.9 Å². The van der Waals surface area contributed by atoms with Crippen molar-refractivity contribution in [2.45, 2.75) is 34.1 Å². The molecule has 5 heteroatoms. The van der Waals surface area contributed by atoms with Crippen LogP contribution in [0.3, 0.4) is 0 Å². The Morgan fingerprint density at radius 1 is 1.29 bits per heavy atom. The number of amides is 1. The zero-order chi connectivity index (χ0) is 16.2. The first-order valence-corrected chi connectivity index (χ1v) is 7.66. The van der Waals surface area contributed by atoms with Crippen LogP contribution < -0.4 is 5.32 Å². The summed E-state index contributed by atoms with van der Waals surface area (Å²) in [7, 11) is 0. The number of carboxylic acid groups (broad SMARTS) is 1. The van der Waals surface area contributed by atoms with Gasteiger partial charge in [-0.25, -0.2) is 0 Å². The summed E-state index contributed by atoms with van der Waals surface area (Å²) in [5, 5.41) is 12.0. The fourth-order valence-electron chi connectivity index (χ4n) is 2.17. The molecule has 1 aromatic carbocycles. The van der Waals surface area contributed by atoms with Crippen LogP contribution in [0, 0.1) is 18.3 Å². The monoisotopic (exact) mass is 355 g/mol. The Kier molecular flexibility index (Phi) is 5.96. The van der Waals surface area contributed by atoms with Crippen molar-refractivity contribution in [3.63, 3.8) is 0 Å². The largest absolute Gasteiger partial charge is 0.481 e. The van der Waals surface area contributed by atoms with Crippen molar-refractivity contribution in [3.8, 4) is 0 Å². The van der Waals surface area contributed by atoms with Crippen molar-refractivity contribution < 1.29 is 14.7 Å². The maximum Gasteiger partial charge on any atom is 0.308 e. The number of carbonyl (C=O) groups excluding carboxylic acids is 1. The molecule has 116 valence electrons. The van der Waals surface area contributed by atoms with E-state index in [1.165, 1.54) is 0 Å². The lowest BCUT2D eigenvalue weighted by atomic mass is 9.84. The molecule has 0 aliphatic rings. The number of halogens is 1. The number of carboxylic acids is 1. The fraction of sp³-hybridized carbons (Fsp3) is 0.500. The molecule has 0 heterocycles. The molecule has 0 aliphatic carbocycles. The normalized spacial score (nSPS) is 12.8. The van der Waals surface area contributed by atoms with E-state index in [9.17, 15) is 14.7 Å². The average Bonchev–Trinajstić information content (AvgIpc) is 2.31. The van der Waals surface area contributed by atoms with Gasteiger partial charge in [0.2, 0.25) is 0 Å². The molecule has 1 amide bonds. The third kappa shape index (κ3) is 6.29. The van der Waals surface area contributed by atoms with Crippen LogP contribution in [-0.4, -0.2) is 23.5 Å². The molecule has 0 aromatic heterocycles. The summed E-state index contributed by atoms with van der Waals surface area (Å²) in [4.78, 5) is 23.4. The number of nitrogens with one attached hydrogen (secondary N) is 1. The molecule has 2 N–H and O–H groups in total. The Labute approximate surface area is 134 Å². The standard InChI is InChI=1S/C16H22BrNO3/c1-10-5-11(7-13(17)6-10)14(19)18-9-12(15(20)21)8-16(2,3)4/h5-7,12H,8-9H2,1-4H3,(H,18,19)(H,20,21). The first-order valence-electron chi connectivity index (χ1n) is 6.87. The molecule has 21 heavy (non-hydrogen) atoms. The molecular formula is C16H22BrNO3. The van der Waals surface area contributed by atoms with Gasteiger partial charge < -0.3 is 10.4 Å². The van der Waals surface area contributed by atoms with Gasteiger partial charge in [0, 0.05) is 16.6 Å². The molecule has 1 aromatic rings. The van der Waals surface area contributed by atoms with Crippen LogP contribution in [0.15, 0.2) is 22.7 Å². The van der Waals surface area contributed by atoms with E-state index < -0.39 is 11.9 Å². The van der Waals surface area contributed by atoms with Gasteiger partial charge in [-0.05, 0) is 42.5 Å². The maximum absolute atomic E-state index is 12.1. The lowest BCUT2D eigenvalue weighted by Crippen LogP contribution is -2.35. The smallest absolute Gasteiger partial charge is 0.308 e. The lowest BCUT2D eigenvalue weighted by molar-refractivity contribution is -0.142. The molecule has 0 aliphatic heterocycles. The molecule has 4 nitrogen and oxygen atoms in total. The SMILES string of the molecule is Cc1cc(Br)cc(C(=O)NCC(CC(C)(C)C)C(=O)O)c1. The Hall–Kier alpha value is -1.36. The van der Waals surface area contributed by atoms with E-state index in [4.69, 9.17) is 0 Å². The summed E-state index contributed by atoms with van der Waals surface area (Å²) >= 11 is 3.35. The number of aliphatic carboxylic acids is 1. The van der Waals surface area contributed by atoms with Crippen molar-refractivity contribution in [3.05, 3.63) is 33.8 Å². The number of hydrogen-bond donors (Lipinski definition) is 2. The van der Waals surface area contributed by atoms with Gasteiger partial charge in [0.1, 0.15) is 0 Å². The number of rotatable bonds is 5. The van der Waals surface area contributed by atoms with Crippen molar-refractivity contribution in [1.82, 2.24) is 5.32 Å². The molecule has 0 spiro atoms. The Morgan fingerprint density at radius 3 is 2.38 bits per heavy atom. The zero-order valence-corrected chi connectivity index (χ0v) is 14.5. The van der Waals surface area contributed by atoms with E-state index in [0.29, 0.717) is 12.0 Å². The molecule has 0 saturated carbocycles. The van der Waals surface area contributed by atoms with Gasteiger partial charge in [-0.3, -0.25) is 9.59 Å². The van der Waals surface area contributed by atoms with Gasteiger partial charge in [-0.2, -0.15) is 0 Å². The molecular weight excluding hydrogens is 334 g/mol. The van der Waals surface area contributed by atoms with Gasteiger partial charge in [-0.15, -0.1) is 0 Å². The molecule has 1 unspecified atom stereocenters. The van der Waals surface area contributed by atoms with E-state index in [1.54, 1.807) is 12.1 Å². The summed E-state index contributed by atoms with van der Waals surface area (Å²) in [5.41, 5.74) is 1.40. The molecule has 1 atom stereocenters. The topological polar surface area (TPSA) is 66.4 Å². The second-order valence-electron chi connectivity index (χ2n) is 6.53. The molecule has 0 fully saturated rings. The van der Waals surface area contributed by atoms with Crippen molar-refractivity contribution in [2.24, 2.45) is 11.3 Å². The average molecular weight is 356 g/mol. The predicted octanol–water partition coefficient (Wildman–Crippen LogP) is 3.62. The van der Waals surface area contributed by atoms with Gasteiger partial charge in [0.15, 0.2) is 0 Å². The second-order valence-corrected chi connectivity index (χ2v) is 7.44. The van der Waals surface area contributed by atoms with Gasteiger partial charge in [0.05, 0.1) is 5.92 Å². The number of hydrogen-bond acceptors (Lipinski definition) is 2. The highest BCUT2D eigenvalue weighted by molar-refractivity contribution is 9.10. The Balaban J connectivity index is 2.71. The molecule has 0 saturated heterocycles. The quantitative estimate of drug-likeness (QED) is 0.847. The van der Waals surface area contributed by atoms with Crippen LogP contribution in [0.1, 0.15) is 43.1 Å². The first-order chi connectivity index (χ1) is 9.58. The van der Waals surface area contributed by atoms with Crippen LogP contribution in [0.25, 0.3) is 0 Å². The lowest BCUT2D eigenvalue weighted by Gasteiger charge is -2.23. The van der Waals surface area contributed by atoms with Crippen LogP contribution >= 0.6 is 15.9 Å². The van der Waals surface area contributed by atoms with Crippen LogP contribution in [0.4, 0.5) is 0 Å². The summed E-state index contributed by atoms with van der Waals surface area (Å²) in [6.07, 6.45) is 0.514. The minimum atomic E-state index is -0.879. The first kappa shape index (κ1) is 17.7. The van der Waals surface area contributed by atoms with E-state index in [1.807, 2.05) is 33.8 Å². The number of carbonyl (C=O) groups is 2. The third-order valence-electron chi connectivity index (χ3n) is 3.02.